The van der Waals surface area contributed by atoms with Crippen LogP contribution in [0.15, 0.2) is 6.20 Å². The Hall–Kier alpha value is -2.00. The molecule has 0 amide bonds. The van der Waals surface area contributed by atoms with Crippen molar-refractivity contribution >= 4 is 11.9 Å². The van der Waals surface area contributed by atoms with Crippen LogP contribution >= 0.6 is 0 Å². The van der Waals surface area contributed by atoms with Gasteiger partial charge in [-0.2, -0.15) is 0 Å². The standard InChI is InChI=1S/C12H18N4O5/c1-15-8(3-11(17)20-2)6-16(14-15)7-21-9-4-10(12(18)19)13-5-9/h6,9-10,13H,3-5,7H2,1-2H3/p+1/t9-,10+/m1/s1. The minimum absolute atomic E-state index is 0.138. The van der Waals surface area contributed by atoms with Gasteiger partial charge in [0.15, 0.2) is 11.9 Å². The number of hydrogen-bond donors (Lipinski definition) is 2. The molecule has 9 nitrogen and oxygen atoms in total. The molecular formula is C12H19N4O5+. The number of carbonyl (C=O) groups is 2. The summed E-state index contributed by atoms with van der Waals surface area (Å²) in [6.07, 6.45) is 2.11. The van der Waals surface area contributed by atoms with Crippen molar-refractivity contribution in [3.63, 3.8) is 0 Å². The first-order chi connectivity index (χ1) is 9.99. The molecule has 0 radical (unpaired) electrons. The third-order valence-electron chi connectivity index (χ3n) is 3.35. The maximum Gasteiger partial charge on any atom is 0.320 e. The molecule has 2 atom stereocenters. The molecular weight excluding hydrogens is 280 g/mol. The molecule has 9 heteroatoms. The molecule has 2 N–H and O–H groups in total. The number of carboxylic acids is 1. The van der Waals surface area contributed by atoms with Gasteiger partial charge in [-0.1, -0.05) is 0 Å². The van der Waals surface area contributed by atoms with Crippen molar-refractivity contribution in [2.45, 2.75) is 31.7 Å². The summed E-state index contributed by atoms with van der Waals surface area (Å²) < 4.78 is 13.4. The van der Waals surface area contributed by atoms with Crippen molar-refractivity contribution in [3.8, 4) is 0 Å². The van der Waals surface area contributed by atoms with Crippen molar-refractivity contribution in [1.29, 1.82) is 0 Å². The van der Waals surface area contributed by atoms with E-state index in [1.165, 1.54) is 7.11 Å². The van der Waals surface area contributed by atoms with Gasteiger partial charge in [-0.3, -0.25) is 9.59 Å². The lowest BCUT2D eigenvalue weighted by Crippen LogP contribution is -2.39. The van der Waals surface area contributed by atoms with E-state index < -0.39 is 12.0 Å². The summed E-state index contributed by atoms with van der Waals surface area (Å²) in [4.78, 5) is 22.1. The molecule has 0 saturated carbocycles. The Balaban J connectivity index is 1.85. The maximum absolute atomic E-state index is 11.2. The number of aromatic nitrogens is 3. The van der Waals surface area contributed by atoms with Gasteiger partial charge in [0.05, 0.1) is 18.4 Å². The van der Waals surface area contributed by atoms with Crippen LogP contribution in [0.5, 0.6) is 0 Å². The minimum Gasteiger partial charge on any atom is -0.480 e. The molecule has 0 spiro atoms. The van der Waals surface area contributed by atoms with Crippen LogP contribution in [-0.4, -0.2) is 52.7 Å². The van der Waals surface area contributed by atoms with Crippen molar-refractivity contribution in [2.75, 3.05) is 13.7 Å². The monoisotopic (exact) mass is 299 g/mol. The topological polar surface area (TPSA) is 107 Å². The first kappa shape index (κ1) is 15.4. The molecule has 21 heavy (non-hydrogen) atoms. The van der Waals surface area contributed by atoms with Crippen LogP contribution < -0.4 is 10.00 Å². The molecule has 2 heterocycles. The summed E-state index contributed by atoms with van der Waals surface area (Å²) in [7, 11) is 3.06. The zero-order chi connectivity index (χ0) is 15.4. The quantitative estimate of drug-likeness (QED) is 0.472. The van der Waals surface area contributed by atoms with Crippen LogP contribution in [0.3, 0.4) is 0 Å². The number of methoxy groups -OCH3 is 1. The number of aryl methyl sites for hydroxylation is 1. The fourth-order valence-electron chi connectivity index (χ4n) is 2.15. The second-order valence-corrected chi connectivity index (χ2v) is 4.88. The van der Waals surface area contributed by atoms with Gasteiger partial charge in [0.1, 0.15) is 19.5 Å². The van der Waals surface area contributed by atoms with Gasteiger partial charge in [-0.15, -0.1) is 9.36 Å². The van der Waals surface area contributed by atoms with E-state index in [9.17, 15) is 9.59 Å². The van der Waals surface area contributed by atoms with Gasteiger partial charge in [-0.25, -0.2) is 0 Å². The number of nitrogens with one attached hydrogen (secondary N) is 1. The fourth-order valence-corrected chi connectivity index (χ4v) is 2.15. The maximum atomic E-state index is 11.2. The number of carbonyl (C=O) groups excluding carboxylic acids is 1. The highest BCUT2D eigenvalue weighted by Gasteiger charge is 2.30. The van der Waals surface area contributed by atoms with Crippen LogP contribution in [0.2, 0.25) is 0 Å². The lowest BCUT2D eigenvalue weighted by molar-refractivity contribution is -0.787. The molecule has 0 aliphatic carbocycles. The molecule has 1 aliphatic rings. The Bertz CT molecular complexity index is 530. The van der Waals surface area contributed by atoms with Crippen LogP contribution in [0.25, 0.3) is 0 Å². The van der Waals surface area contributed by atoms with Crippen molar-refractivity contribution in [1.82, 2.24) is 15.2 Å². The zero-order valence-electron chi connectivity index (χ0n) is 12.0. The van der Waals surface area contributed by atoms with E-state index in [1.54, 1.807) is 22.6 Å². The number of carboxylic acid groups (broad SMARTS) is 1. The first-order valence-electron chi connectivity index (χ1n) is 6.57. The lowest BCUT2D eigenvalue weighted by atomic mass is 10.2. The van der Waals surface area contributed by atoms with Gasteiger partial charge in [0.25, 0.3) is 0 Å². The van der Waals surface area contributed by atoms with Crippen LogP contribution in [0.4, 0.5) is 0 Å². The van der Waals surface area contributed by atoms with E-state index in [2.05, 4.69) is 15.3 Å². The molecule has 1 fully saturated rings. The summed E-state index contributed by atoms with van der Waals surface area (Å²) >= 11 is 0. The molecule has 116 valence electrons. The molecule has 1 aromatic heterocycles. The Labute approximate surface area is 121 Å². The number of hydrogen-bond acceptors (Lipinski definition) is 6. The lowest BCUT2D eigenvalue weighted by Gasteiger charge is -2.06. The average Bonchev–Trinajstić information content (AvgIpc) is 3.04. The highest BCUT2D eigenvalue weighted by molar-refractivity contribution is 5.73. The third kappa shape index (κ3) is 3.99. The summed E-state index contributed by atoms with van der Waals surface area (Å²) in [5, 5.41) is 15.9. The van der Waals surface area contributed by atoms with E-state index in [0.29, 0.717) is 18.7 Å². The predicted octanol–water partition coefficient (Wildman–Crippen LogP) is -1.79. The molecule has 2 rings (SSSR count). The molecule has 1 aliphatic heterocycles. The van der Waals surface area contributed by atoms with Gasteiger partial charge in [0, 0.05) is 13.0 Å². The van der Waals surface area contributed by atoms with Crippen LogP contribution in [-0.2, 0) is 39.3 Å². The second-order valence-electron chi connectivity index (χ2n) is 4.88. The van der Waals surface area contributed by atoms with E-state index in [4.69, 9.17) is 9.84 Å². The molecule has 1 aromatic rings. The number of aliphatic carboxylic acids is 1. The van der Waals surface area contributed by atoms with Crippen molar-refractivity contribution < 1.29 is 28.9 Å². The number of ether oxygens (including phenoxy) is 2. The predicted molar refractivity (Wildman–Crippen MR) is 68.0 cm³/mol. The third-order valence-corrected chi connectivity index (χ3v) is 3.35. The van der Waals surface area contributed by atoms with Crippen LogP contribution in [0, 0.1) is 0 Å². The van der Waals surface area contributed by atoms with Gasteiger partial charge in [0.2, 0.25) is 6.73 Å². The summed E-state index contributed by atoms with van der Waals surface area (Å²) in [5.74, 6) is -1.21. The molecule has 0 bridgehead atoms. The molecule has 0 unspecified atom stereocenters. The Kier molecular flexibility index (Phi) is 4.86. The van der Waals surface area contributed by atoms with Gasteiger partial charge in [-0.05, 0) is 0 Å². The highest BCUT2D eigenvalue weighted by Crippen LogP contribution is 2.10. The van der Waals surface area contributed by atoms with Crippen molar-refractivity contribution in [2.24, 2.45) is 7.05 Å². The average molecular weight is 299 g/mol. The number of esters is 1. The summed E-state index contributed by atoms with van der Waals surface area (Å²) in [6, 6.07) is -0.557. The first-order valence-corrected chi connectivity index (χ1v) is 6.57. The van der Waals surface area contributed by atoms with Gasteiger partial charge < -0.3 is 19.9 Å². The zero-order valence-corrected chi connectivity index (χ0v) is 12.0. The summed E-state index contributed by atoms with van der Waals surface area (Å²) in [5.41, 5.74) is 0.707. The van der Waals surface area contributed by atoms with E-state index >= 15 is 0 Å². The SMILES string of the molecule is COC(=O)Cc1c[n+](CO[C@H]2CN[C@H](C(=O)O)C2)nn1C. The Morgan fingerprint density at radius 1 is 1.62 bits per heavy atom. The number of nitrogens with zero attached hydrogens (tertiary/aromatic N) is 3. The molecule has 0 aromatic carbocycles. The second kappa shape index (κ2) is 6.64. The van der Waals surface area contributed by atoms with Crippen LogP contribution in [0.1, 0.15) is 12.1 Å². The minimum atomic E-state index is -0.869. The van der Waals surface area contributed by atoms with Gasteiger partial charge >= 0.3 is 11.9 Å². The highest BCUT2D eigenvalue weighted by atomic mass is 16.5. The Morgan fingerprint density at radius 2 is 2.38 bits per heavy atom. The number of rotatable bonds is 6. The van der Waals surface area contributed by atoms with Crippen molar-refractivity contribution in [3.05, 3.63) is 11.9 Å². The largest absolute Gasteiger partial charge is 0.480 e. The normalized spacial score (nSPS) is 21.4. The van der Waals surface area contributed by atoms with E-state index in [1.807, 2.05) is 0 Å². The van der Waals surface area contributed by atoms with E-state index in [0.717, 1.165) is 0 Å². The fraction of sp³-hybridized carbons (Fsp3) is 0.667. The summed E-state index contributed by atoms with van der Waals surface area (Å²) in [6.45, 7) is 0.701. The van der Waals surface area contributed by atoms with E-state index in [-0.39, 0.29) is 25.2 Å². The Morgan fingerprint density at radius 3 is 3.00 bits per heavy atom. The molecule has 1 saturated heterocycles. The smallest absolute Gasteiger partial charge is 0.320 e.